The minimum atomic E-state index is -3.55. The van der Waals surface area contributed by atoms with Crippen LogP contribution in [0.2, 0.25) is 0 Å². The first-order valence-corrected chi connectivity index (χ1v) is 9.21. The zero-order chi connectivity index (χ0) is 15.5. The molecule has 0 radical (unpaired) electrons. The molecule has 0 amide bonds. The fraction of sp³-hybridized carbons (Fsp3) is 0.333. The number of benzene rings is 1. The highest BCUT2D eigenvalue weighted by Gasteiger charge is 2.21. The second-order valence-corrected chi connectivity index (χ2v) is 7.65. The van der Waals surface area contributed by atoms with Crippen LogP contribution in [0.5, 0.6) is 0 Å². The molecule has 3 N–H and O–H groups in total. The lowest BCUT2D eigenvalue weighted by Gasteiger charge is -2.16. The molecule has 4 nitrogen and oxygen atoms in total. The second-order valence-electron chi connectivity index (χ2n) is 4.96. The monoisotopic (exact) mass is 324 g/mol. The first kappa shape index (κ1) is 16.2. The third-order valence-electron chi connectivity index (χ3n) is 3.29. The van der Waals surface area contributed by atoms with E-state index in [0.29, 0.717) is 6.42 Å². The van der Waals surface area contributed by atoms with Crippen LogP contribution >= 0.6 is 11.3 Å². The molecule has 0 saturated heterocycles. The molecule has 0 bridgehead atoms. The Morgan fingerprint density at radius 2 is 2.05 bits per heavy atom. The smallest absolute Gasteiger partial charge is 0.241 e. The third kappa shape index (κ3) is 3.91. The highest BCUT2D eigenvalue weighted by Crippen LogP contribution is 2.24. The van der Waals surface area contributed by atoms with Gasteiger partial charge in [-0.15, -0.1) is 11.3 Å². The number of hydrogen-bond acceptors (Lipinski definition) is 4. The minimum Gasteiger partial charge on any atom is -0.324 e. The lowest BCUT2D eigenvalue weighted by atomic mass is 10.1. The number of rotatable bonds is 6. The average Bonchev–Trinajstić information content (AvgIpc) is 2.99. The fourth-order valence-corrected chi connectivity index (χ4v) is 4.34. The van der Waals surface area contributed by atoms with Gasteiger partial charge >= 0.3 is 0 Å². The molecule has 0 aliphatic rings. The maximum absolute atomic E-state index is 12.5. The summed E-state index contributed by atoms with van der Waals surface area (Å²) in [7, 11) is -3.55. The van der Waals surface area contributed by atoms with E-state index in [1.807, 2.05) is 37.4 Å². The summed E-state index contributed by atoms with van der Waals surface area (Å²) < 4.78 is 27.8. The first-order chi connectivity index (χ1) is 9.94. The van der Waals surface area contributed by atoms with Crippen LogP contribution < -0.4 is 10.5 Å². The van der Waals surface area contributed by atoms with Gasteiger partial charge in [-0.2, -0.15) is 0 Å². The maximum Gasteiger partial charge on any atom is 0.241 e. The Morgan fingerprint density at radius 3 is 2.62 bits per heavy atom. The third-order valence-corrected chi connectivity index (χ3v) is 5.74. The lowest BCUT2D eigenvalue weighted by molar-refractivity contribution is 0.553. The molecular weight excluding hydrogens is 304 g/mol. The van der Waals surface area contributed by atoms with Crippen molar-refractivity contribution < 1.29 is 8.42 Å². The Hall–Kier alpha value is -1.21. The van der Waals surface area contributed by atoms with Crippen LogP contribution in [0.25, 0.3) is 0 Å². The van der Waals surface area contributed by atoms with Gasteiger partial charge in [0.05, 0.1) is 10.9 Å². The van der Waals surface area contributed by atoms with Crippen LogP contribution in [0.4, 0.5) is 0 Å². The minimum absolute atomic E-state index is 0.195. The molecule has 2 unspecified atom stereocenters. The summed E-state index contributed by atoms with van der Waals surface area (Å²) in [5.41, 5.74) is 6.62. The van der Waals surface area contributed by atoms with E-state index in [0.717, 1.165) is 10.4 Å². The molecule has 2 atom stereocenters. The van der Waals surface area contributed by atoms with Crippen molar-refractivity contribution in [1.29, 1.82) is 0 Å². The van der Waals surface area contributed by atoms with Gasteiger partial charge in [-0.1, -0.05) is 25.1 Å². The molecule has 0 aliphatic heterocycles. The molecule has 0 aliphatic carbocycles. The molecule has 1 heterocycles. The van der Waals surface area contributed by atoms with Crippen LogP contribution in [-0.4, -0.2) is 8.42 Å². The molecule has 0 fully saturated rings. The summed E-state index contributed by atoms with van der Waals surface area (Å²) in [6.45, 7) is 3.80. The van der Waals surface area contributed by atoms with Gasteiger partial charge in [0.2, 0.25) is 10.0 Å². The highest BCUT2D eigenvalue weighted by molar-refractivity contribution is 7.89. The summed E-state index contributed by atoms with van der Waals surface area (Å²) in [5.74, 6) is 0. The van der Waals surface area contributed by atoms with E-state index in [2.05, 4.69) is 4.72 Å². The first-order valence-electron chi connectivity index (χ1n) is 6.85. The molecule has 21 heavy (non-hydrogen) atoms. The molecule has 1 aromatic carbocycles. The van der Waals surface area contributed by atoms with Gasteiger partial charge in [0.15, 0.2) is 0 Å². The van der Waals surface area contributed by atoms with Crippen molar-refractivity contribution in [3.8, 4) is 0 Å². The summed E-state index contributed by atoms with van der Waals surface area (Å²) >= 11 is 1.55. The number of nitrogens with two attached hydrogens (primary N) is 1. The topological polar surface area (TPSA) is 72.2 Å². The van der Waals surface area contributed by atoms with Crippen molar-refractivity contribution in [3.05, 3.63) is 52.2 Å². The standard InChI is InChI=1S/C15H20N2O2S2/c1-3-14(15-8-5-9-20-15)17-21(18,19)13-7-4-6-12(10-13)11(2)16/h4-11,14,17H,3,16H2,1-2H3. The summed E-state index contributed by atoms with van der Waals surface area (Å²) in [6.07, 6.45) is 0.701. The van der Waals surface area contributed by atoms with Crippen LogP contribution in [0.3, 0.4) is 0 Å². The van der Waals surface area contributed by atoms with E-state index in [1.165, 1.54) is 0 Å². The van der Waals surface area contributed by atoms with E-state index in [-0.39, 0.29) is 17.0 Å². The molecule has 1 aromatic heterocycles. The Balaban J connectivity index is 2.27. The lowest BCUT2D eigenvalue weighted by Crippen LogP contribution is -2.28. The largest absolute Gasteiger partial charge is 0.324 e. The van der Waals surface area contributed by atoms with Gasteiger partial charge in [0.25, 0.3) is 0 Å². The van der Waals surface area contributed by atoms with Crippen molar-refractivity contribution in [2.45, 2.75) is 37.2 Å². The van der Waals surface area contributed by atoms with Gasteiger partial charge < -0.3 is 5.73 Å². The second kappa shape index (κ2) is 6.70. The van der Waals surface area contributed by atoms with Crippen molar-refractivity contribution in [1.82, 2.24) is 4.72 Å². The summed E-state index contributed by atoms with van der Waals surface area (Å²) in [4.78, 5) is 1.27. The van der Waals surface area contributed by atoms with Crippen molar-refractivity contribution in [2.75, 3.05) is 0 Å². The molecule has 6 heteroatoms. The fourth-order valence-electron chi connectivity index (χ4n) is 2.05. The molecule has 2 aromatic rings. The Bertz CT molecular complexity index is 679. The van der Waals surface area contributed by atoms with Gasteiger partial charge in [0.1, 0.15) is 0 Å². The van der Waals surface area contributed by atoms with E-state index in [9.17, 15) is 8.42 Å². The quantitative estimate of drug-likeness (QED) is 0.857. The van der Waals surface area contributed by atoms with E-state index >= 15 is 0 Å². The number of sulfonamides is 1. The normalized spacial score (nSPS) is 14.8. The predicted octanol–water partition coefficient (Wildman–Crippen LogP) is 3.20. The predicted molar refractivity (Wildman–Crippen MR) is 86.7 cm³/mol. The zero-order valence-electron chi connectivity index (χ0n) is 12.1. The van der Waals surface area contributed by atoms with Crippen LogP contribution in [0, 0.1) is 0 Å². The highest BCUT2D eigenvalue weighted by atomic mass is 32.2. The van der Waals surface area contributed by atoms with Gasteiger partial charge in [0, 0.05) is 10.9 Å². The molecule has 0 saturated carbocycles. The SMILES string of the molecule is CCC(NS(=O)(=O)c1cccc(C(C)N)c1)c1cccs1. The Morgan fingerprint density at radius 1 is 1.29 bits per heavy atom. The van der Waals surface area contributed by atoms with Gasteiger partial charge in [-0.3, -0.25) is 0 Å². The van der Waals surface area contributed by atoms with Crippen molar-refractivity contribution in [2.24, 2.45) is 5.73 Å². The molecule has 2 rings (SSSR count). The number of thiophene rings is 1. The van der Waals surface area contributed by atoms with Crippen molar-refractivity contribution in [3.63, 3.8) is 0 Å². The molecular formula is C15H20N2O2S2. The van der Waals surface area contributed by atoms with Gasteiger partial charge in [-0.05, 0) is 42.5 Å². The zero-order valence-corrected chi connectivity index (χ0v) is 13.7. The summed E-state index contributed by atoms with van der Waals surface area (Å²) in [5, 5.41) is 1.95. The van der Waals surface area contributed by atoms with E-state index < -0.39 is 10.0 Å². The molecule has 114 valence electrons. The van der Waals surface area contributed by atoms with Gasteiger partial charge in [-0.25, -0.2) is 13.1 Å². The molecule has 0 spiro atoms. The Labute approximate surface area is 130 Å². The maximum atomic E-state index is 12.5. The van der Waals surface area contributed by atoms with Crippen LogP contribution in [-0.2, 0) is 10.0 Å². The number of hydrogen-bond donors (Lipinski definition) is 2. The Kier molecular flexibility index (Phi) is 5.16. The average molecular weight is 324 g/mol. The van der Waals surface area contributed by atoms with Crippen LogP contribution in [0.15, 0.2) is 46.7 Å². The van der Waals surface area contributed by atoms with Crippen LogP contribution in [0.1, 0.15) is 42.8 Å². The summed E-state index contributed by atoms with van der Waals surface area (Å²) in [6, 6.07) is 10.3. The van der Waals surface area contributed by atoms with Crippen molar-refractivity contribution >= 4 is 21.4 Å². The van der Waals surface area contributed by atoms with E-state index in [1.54, 1.807) is 29.5 Å². The number of nitrogens with one attached hydrogen (secondary N) is 1. The van der Waals surface area contributed by atoms with E-state index in [4.69, 9.17) is 5.73 Å².